The summed E-state index contributed by atoms with van der Waals surface area (Å²) >= 11 is 0. The molecule has 0 radical (unpaired) electrons. The quantitative estimate of drug-likeness (QED) is 0.883. The first-order chi connectivity index (χ1) is 8.52. The van der Waals surface area contributed by atoms with Crippen molar-refractivity contribution < 1.29 is 18.3 Å². The van der Waals surface area contributed by atoms with Crippen LogP contribution in [0.3, 0.4) is 0 Å². The van der Waals surface area contributed by atoms with Crippen LogP contribution in [0.15, 0.2) is 24.3 Å². The van der Waals surface area contributed by atoms with E-state index in [0.717, 1.165) is 0 Å². The molecule has 2 N–H and O–H groups in total. The molecule has 0 fully saturated rings. The Morgan fingerprint density at radius 2 is 1.89 bits per heavy atom. The van der Waals surface area contributed by atoms with Crippen LogP contribution >= 0.6 is 0 Å². The van der Waals surface area contributed by atoms with Gasteiger partial charge in [0.15, 0.2) is 0 Å². The van der Waals surface area contributed by atoms with E-state index in [4.69, 9.17) is 5.11 Å². The first-order valence-electron chi connectivity index (χ1n) is 5.21. The van der Waals surface area contributed by atoms with Crippen LogP contribution < -0.4 is 5.32 Å². The molecule has 0 aliphatic carbocycles. The van der Waals surface area contributed by atoms with Crippen molar-refractivity contribution in [3.63, 3.8) is 0 Å². The summed E-state index contributed by atoms with van der Waals surface area (Å²) in [7, 11) is 0. The van der Waals surface area contributed by atoms with Crippen LogP contribution in [0.4, 0.5) is 19.0 Å². The van der Waals surface area contributed by atoms with Crippen LogP contribution in [0.1, 0.15) is 5.82 Å². The highest BCUT2D eigenvalue weighted by Crippen LogP contribution is 2.30. The zero-order chi connectivity index (χ0) is 13.2. The monoisotopic (exact) mass is 257 g/mol. The molecule has 2 rings (SSSR count). The molecule has 4 nitrogen and oxygen atoms in total. The second-order valence-corrected chi connectivity index (χ2v) is 3.56. The molecule has 0 aliphatic rings. The van der Waals surface area contributed by atoms with Gasteiger partial charge in [0.1, 0.15) is 5.82 Å². The Balaban J connectivity index is 2.57. The average Bonchev–Trinajstić information content (AvgIpc) is 2.34. The van der Waals surface area contributed by atoms with Gasteiger partial charge in [0.25, 0.3) is 0 Å². The van der Waals surface area contributed by atoms with E-state index in [2.05, 4.69) is 15.3 Å². The van der Waals surface area contributed by atoms with E-state index in [-0.39, 0.29) is 24.5 Å². The zero-order valence-corrected chi connectivity index (χ0v) is 9.20. The molecule has 0 saturated heterocycles. The summed E-state index contributed by atoms with van der Waals surface area (Å²) in [6.07, 6.45) is -4.60. The molecule has 0 saturated carbocycles. The molecule has 18 heavy (non-hydrogen) atoms. The number of alkyl halides is 3. The van der Waals surface area contributed by atoms with Crippen LogP contribution in [0, 0.1) is 0 Å². The fourth-order valence-corrected chi connectivity index (χ4v) is 1.51. The first kappa shape index (κ1) is 12.6. The number of anilines is 1. The standard InChI is InChI=1S/C11H10F3N3O/c12-11(13,14)10-16-8-4-2-1-3-7(8)9(17-10)15-5-6-18/h1-4,18H,5-6H2,(H,15,16,17). The zero-order valence-electron chi connectivity index (χ0n) is 9.20. The van der Waals surface area contributed by atoms with Crippen molar-refractivity contribution in [3.05, 3.63) is 30.1 Å². The molecule has 1 aromatic heterocycles. The fraction of sp³-hybridized carbons (Fsp3) is 0.273. The van der Waals surface area contributed by atoms with E-state index in [1.54, 1.807) is 18.2 Å². The minimum atomic E-state index is -4.60. The van der Waals surface area contributed by atoms with E-state index in [1.807, 2.05) is 0 Å². The van der Waals surface area contributed by atoms with Crippen molar-refractivity contribution in [3.8, 4) is 0 Å². The summed E-state index contributed by atoms with van der Waals surface area (Å²) in [4.78, 5) is 6.93. The van der Waals surface area contributed by atoms with E-state index in [0.29, 0.717) is 5.39 Å². The van der Waals surface area contributed by atoms with Gasteiger partial charge in [0.2, 0.25) is 5.82 Å². The summed E-state index contributed by atoms with van der Waals surface area (Å²) in [5, 5.41) is 11.8. The Bertz CT molecular complexity index is 557. The van der Waals surface area contributed by atoms with E-state index in [9.17, 15) is 13.2 Å². The smallest absolute Gasteiger partial charge is 0.395 e. The number of aliphatic hydroxyl groups is 1. The van der Waals surface area contributed by atoms with E-state index >= 15 is 0 Å². The highest BCUT2D eigenvalue weighted by Gasteiger charge is 2.35. The van der Waals surface area contributed by atoms with Gasteiger partial charge in [0.05, 0.1) is 12.1 Å². The van der Waals surface area contributed by atoms with Crippen LogP contribution in [0.5, 0.6) is 0 Å². The number of para-hydroxylation sites is 1. The fourth-order valence-electron chi connectivity index (χ4n) is 1.51. The minimum absolute atomic E-state index is 0.0713. The predicted molar refractivity (Wildman–Crippen MR) is 60.1 cm³/mol. The number of aliphatic hydroxyl groups excluding tert-OH is 1. The maximum absolute atomic E-state index is 12.6. The van der Waals surface area contributed by atoms with Crippen LogP contribution in [-0.4, -0.2) is 28.2 Å². The van der Waals surface area contributed by atoms with Gasteiger partial charge in [-0.1, -0.05) is 12.1 Å². The van der Waals surface area contributed by atoms with Crippen LogP contribution in [0.2, 0.25) is 0 Å². The molecule has 0 bridgehead atoms. The molecule has 96 valence electrons. The van der Waals surface area contributed by atoms with Gasteiger partial charge in [-0.3, -0.25) is 0 Å². The van der Waals surface area contributed by atoms with Crippen molar-refractivity contribution in [1.29, 1.82) is 0 Å². The Kier molecular flexibility index (Phi) is 3.33. The molecule has 7 heteroatoms. The summed E-state index contributed by atoms with van der Waals surface area (Å²) in [5.74, 6) is -1.12. The van der Waals surface area contributed by atoms with Gasteiger partial charge >= 0.3 is 6.18 Å². The number of fused-ring (bicyclic) bond motifs is 1. The number of hydrogen-bond acceptors (Lipinski definition) is 4. The Hall–Kier alpha value is -1.89. The molecule has 1 aromatic carbocycles. The number of nitrogens with one attached hydrogen (secondary N) is 1. The summed E-state index contributed by atoms with van der Waals surface area (Å²) < 4.78 is 37.8. The Morgan fingerprint density at radius 3 is 2.56 bits per heavy atom. The molecule has 2 aromatic rings. The highest BCUT2D eigenvalue weighted by molar-refractivity contribution is 5.89. The number of aromatic nitrogens is 2. The third-order valence-electron chi connectivity index (χ3n) is 2.26. The molecular formula is C11H10F3N3O. The van der Waals surface area contributed by atoms with Gasteiger partial charge in [-0.05, 0) is 12.1 Å². The largest absolute Gasteiger partial charge is 0.451 e. The van der Waals surface area contributed by atoms with Crippen molar-refractivity contribution in [2.75, 3.05) is 18.5 Å². The van der Waals surface area contributed by atoms with Crippen LogP contribution in [-0.2, 0) is 6.18 Å². The summed E-state index contributed by atoms with van der Waals surface area (Å²) in [5.41, 5.74) is 0.209. The topological polar surface area (TPSA) is 58.0 Å². The first-order valence-corrected chi connectivity index (χ1v) is 5.21. The van der Waals surface area contributed by atoms with Gasteiger partial charge in [-0.25, -0.2) is 9.97 Å². The maximum Gasteiger partial charge on any atom is 0.451 e. The lowest BCUT2D eigenvalue weighted by Crippen LogP contribution is -2.15. The molecule has 0 aliphatic heterocycles. The molecule has 0 spiro atoms. The Morgan fingerprint density at radius 1 is 1.17 bits per heavy atom. The SMILES string of the molecule is OCCNc1nc(C(F)(F)F)nc2ccccc12. The van der Waals surface area contributed by atoms with Crippen molar-refractivity contribution in [2.45, 2.75) is 6.18 Å². The van der Waals surface area contributed by atoms with Crippen molar-refractivity contribution in [2.24, 2.45) is 0 Å². The second kappa shape index (κ2) is 4.77. The predicted octanol–water partition coefficient (Wildman–Crippen LogP) is 2.05. The van der Waals surface area contributed by atoms with E-state index < -0.39 is 12.0 Å². The third kappa shape index (κ3) is 2.51. The molecule has 1 heterocycles. The van der Waals surface area contributed by atoms with Gasteiger partial charge in [-0.15, -0.1) is 0 Å². The number of nitrogens with zero attached hydrogens (tertiary/aromatic N) is 2. The molecule has 0 amide bonds. The number of hydrogen-bond donors (Lipinski definition) is 2. The Labute approximate surface area is 100 Å². The van der Waals surface area contributed by atoms with Crippen molar-refractivity contribution in [1.82, 2.24) is 9.97 Å². The molecule has 0 atom stereocenters. The highest BCUT2D eigenvalue weighted by atomic mass is 19.4. The second-order valence-electron chi connectivity index (χ2n) is 3.56. The molecular weight excluding hydrogens is 247 g/mol. The van der Waals surface area contributed by atoms with Crippen molar-refractivity contribution >= 4 is 16.7 Å². The molecule has 0 unspecified atom stereocenters. The van der Waals surface area contributed by atoms with Gasteiger partial charge in [-0.2, -0.15) is 13.2 Å². The van der Waals surface area contributed by atoms with Gasteiger partial charge in [0, 0.05) is 11.9 Å². The number of benzene rings is 1. The van der Waals surface area contributed by atoms with Gasteiger partial charge < -0.3 is 10.4 Å². The minimum Gasteiger partial charge on any atom is -0.395 e. The number of halogens is 3. The number of rotatable bonds is 3. The lowest BCUT2D eigenvalue weighted by Gasteiger charge is -2.11. The summed E-state index contributed by atoms with van der Waals surface area (Å²) in [6, 6.07) is 6.39. The lowest BCUT2D eigenvalue weighted by atomic mass is 10.2. The average molecular weight is 257 g/mol. The van der Waals surface area contributed by atoms with E-state index in [1.165, 1.54) is 6.07 Å². The lowest BCUT2D eigenvalue weighted by molar-refractivity contribution is -0.144. The van der Waals surface area contributed by atoms with Crippen LogP contribution in [0.25, 0.3) is 10.9 Å². The third-order valence-corrected chi connectivity index (χ3v) is 2.26. The summed E-state index contributed by atoms with van der Waals surface area (Å²) in [6.45, 7) is -0.0714. The normalized spacial score (nSPS) is 11.8. The maximum atomic E-state index is 12.6.